The van der Waals surface area contributed by atoms with Crippen molar-refractivity contribution < 1.29 is 33.8 Å². The number of benzene rings is 4. The Balaban J connectivity index is 1.18. The number of carbonyl (C=O) groups excluding carboxylic acids is 2. The lowest BCUT2D eigenvalue weighted by Crippen LogP contribution is -2.46. The number of amides is 2. The summed E-state index contributed by atoms with van der Waals surface area (Å²) in [6.45, 7) is 2.39. The monoisotopic (exact) mass is 838 g/mol. The van der Waals surface area contributed by atoms with Crippen LogP contribution in [0.3, 0.4) is 0 Å². The van der Waals surface area contributed by atoms with E-state index in [1.54, 1.807) is 12.1 Å². The fourth-order valence-corrected chi connectivity index (χ4v) is 8.82. The van der Waals surface area contributed by atoms with Crippen molar-refractivity contribution in [3.05, 3.63) is 123 Å². The highest BCUT2D eigenvalue weighted by Gasteiger charge is 2.57. The molecule has 11 heteroatoms. The minimum atomic E-state index is -1.08. The second kappa shape index (κ2) is 16.8. The number of para-hydroxylation sites is 2. The lowest BCUT2D eigenvalue weighted by molar-refractivity contribution is -0.122. The number of hydrogen-bond donors (Lipinski definition) is 3. The van der Waals surface area contributed by atoms with E-state index in [4.69, 9.17) is 14.1 Å². The fraction of sp³-hybridized carbons (Fsp3) is 0.302. The van der Waals surface area contributed by atoms with Gasteiger partial charge in [-0.2, -0.15) is 0 Å². The summed E-state index contributed by atoms with van der Waals surface area (Å²) >= 11 is 2.10. The number of anilines is 3. The molecule has 4 aromatic carbocycles. The average Bonchev–Trinajstić information content (AvgIpc) is 3.43. The predicted molar refractivity (Wildman–Crippen MR) is 220 cm³/mol. The predicted octanol–water partition coefficient (Wildman–Crippen LogP) is 8.79. The zero-order chi connectivity index (χ0) is 37.8. The summed E-state index contributed by atoms with van der Waals surface area (Å²) in [6.07, 6.45) is 5.31. The molecule has 0 spiro atoms. The molecule has 2 fully saturated rings. The lowest BCUT2D eigenvalue weighted by Gasteiger charge is -2.43. The van der Waals surface area contributed by atoms with Crippen molar-refractivity contribution in [1.82, 2.24) is 0 Å². The number of imide groups is 1. The van der Waals surface area contributed by atoms with Crippen LogP contribution in [0.5, 0.6) is 17.2 Å². The van der Waals surface area contributed by atoms with Crippen LogP contribution in [-0.2, 0) is 14.2 Å². The van der Waals surface area contributed by atoms with E-state index in [-0.39, 0.29) is 36.4 Å². The van der Waals surface area contributed by atoms with Gasteiger partial charge in [0.25, 0.3) is 0 Å². The van der Waals surface area contributed by atoms with Crippen LogP contribution in [0.1, 0.15) is 44.6 Å². The van der Waals surface area contributed by atoms with E-state index in [1.165, 1.54) is 17.6 Å². The van der Waals surface area contributed by atoms with Crippen LogP contribution < -0.4 is 19.7 Å². The normalized spacial score (nSPS) is 21.2. The summed E-state index contributed by atoms with van der Waals surface area (Å²) in [5, 5.41) is 24.9. The largest absolute Gasteiger partial charge is 0.504 e. The van der Waals surface area contributed by atoms with Gasteiger partial charge in [0.15, 0.2) is 11.5 Å². The Morgan fingerprint density at radius 2 is 1.67 bits per heavy atom. The molecule has 4 atom stereocenters. The van der Waals surface area contributed by atoms with Crippen molar-refractivity contribution in [2.75, 3.05) is 23.9 Å². The van der Waals surface area contributed by atoms with E-state index in [0.29, 0.717) is 40.0 Å². The Morgan fingerprint density at radius 1 is 0.963 bits per heavy atom. The van der Waals surface area contributed by atoms with Gasteiger partial charge < -0.3 is 29.6 Å². The van der Waals surface area contributed by atoms with Crippen molar-refractivity contribution in [2.24, 2.45) is 17.8 Å². The molecule has 3 N–H and O–H groups in total. The van der Waals surface area contributed by atoms with E-state index in [2.05, 4.69) is 40.9 Å². The van der Waals surface area contributed by atoms with Crippen molar-refractivity contribution in [3.63, 3.8) is 0 Å². The summed E-state index contributed by atoms with van der Waals surface area (Å²) < 4.78 is 18.7. The van der Waals surface area contributed by atoms with Gasteiger partial charge >= 0.3 is 7.12 Å². The first-order valence-electron chi connectivity index (χ1n) is 18.5. The number of aromatic hydroxyl groups is 1. The summed E-state index contributed by atoms with van der Waals surface area (Å²) in [5.74, 6) is -0.793. The Hall–Kier alpha value is -4.59. The number of halogens is 1. The topological polar surface area (TPSA) is 118 Å². The third-order valence-electron chi connectivity index (χ3n) is 10.6. The molecular weight excluding hydrogens is 794 g/mol. The second-order valence-electron chi connectivity index (χ2n) is 14.1. The number of phenols is 1. The molecule has 1 aliphatic carbocycles. The second-order valence-corrected chi connectivity index (χ2v) is 15.3. The van der Waals surface area contributed by atoms with Crippen LogP contribution in [0, 0.1) is 21.3 Å². The van der Waals surface area contributed by atoms with Gasteiger partial charge in [-0.1, -0.05) is 61.4 Å². The third-order valence-corrected chi connectivity index (χ3v) is 11.4. The number of nitrogens with zero attached hydrogens (tertiary/aromatic N) is 1. The first-order valence-corrected chi connectivity index (χ1v) is 19.6. The number of fused-ring (bicyclic) bond motifs is 3. The minimum Gasteiger partial charge on any atom is -0.504 e. The molecule has 7 rings (SSSR count). The van der Waals surface area contributed by atoms with E-state index in [9.17, 15) is 19.7 Å². The van der Waals surface area contributed by atoms with Crippen molar-refractivity contribution in [1.29, 1.82) is 0 Å². The molecule has 0 saturated carbocycles. The average molecular weight is 839 g/mol. The van der Waals surface area contributed by atoms with E-state index in [1.807, 2.05) is 84.9 Å². The quantitative estimate of drug-likeness (QED) is 0.0530. The van der Waals surface area contributed by atoms with E-state index < -0.39 is 25.1 Å². The van der Waals surface area contributed by atoms with Gasteiger partial charge in [-0.3, -0.25) is 14.5 Å². The maximum absolute atomic E-state index is 14.4. The molecule has 0 radical (unpaired) electrons. The SMILES string of the molecule is CCC/C(=C\c1cc(I)c(O)c(OC)c1)CC[C@H]1OB(O)C[C@H]2C1=C(COc1ccccc1)C[C@H]1C(=O)N(c3ccc(Nc4ccccc4)cc3)C(=O)[C@H]12. The number of nitrogens with one attached hydrogen (secondary N) is 1. The van der Waals surface area contributed by atoms with Crippen LogP contribution in [0.4, 0.5) is 17.1 Å². The minimum absolute atomic E-state index is 0.117. The smallest absolute Gasteiger partial charge is 0.455 e. The van der Waals surface area contributed by atoms with Crippen LogP contribution in [0.15, 0.2) is 114 Å². The standard InChI is InChI=1S/C43H44BIN2O7/c1-3-10-27(21-28-22-36(45)41(48)38(23-28)52-2)15-20-37-39-29(26-53-33-13-8-5-9-14-33)24-34-40(35(39)25-44(51)54-37)43(50)47(42(34)49)32-18-16-31(17-19-32)46-30-11-6-4-7-12-30/h4-9,11-14,16-19,21-23,34-35,37,40,46,48,51H,3,10,15,20,24-26H2,1-2H3/b27-21+/t34-,35+,37-,40-/m1/s1. The van der Waals surface area contributed by atoms with E-state index >= 15 is 0 Å². The van der Waals surface area contributed by atoms with Crippen molar-refractivity contribution in [3.8, 4) is 17.2 Å². The molecule has 2 amide bonds. The van der Waals surface area contributed by atoms with Crippen LogP contribution in [0.2, 0.25) is 6.32 Å². The fourth-order valence-electron chi connectivity index (χ4n) is 8.20. The van der Waals surface area contributed by atoms with Crippen molar-refractivity contribution in [2.45, 2.75) is 51.5 Å². The molecule has 2 aliphatic heterocycles. The van der Waals surface area contributed by atoms with Gasteiger partial charge in [0.05, 0.1) is 34.3 Å². The van der Waals surface area contributed by atoms with Gasteiger partial charge in [-0.15, -0.1) is 0 Å². The number of hydrogen-bond acceptors (Lipinski definition) is 8. The Morgan fingerprint density at radius 3 is 2.37 bits per heavy atom. The molecule has 9 nitrogen and oxygen atoms in total. The number of ether oxygens (including phenoxy) is 2. The van der Waals surface area contributed by atoms with Gasteiger partial charge in [0, 0.05) is 11.4 Å². The highest BCUT2D eigenvalue weighted by atomic mass is 127. The Kier molecular flexibility index (Phi) is 11.8. The molecule has 4 aromatic rings. The Labute approximate surface area is 330 Å². The number of methoxy groups -OCH3 is 1. The van der Waals surface area contributed by atoms with Crippen LogP contribution >= 0.6 is 22.6 Å². The molecular formula is C43H44BIN2O7. The molecule has 0 aromatic heterocycles. The van der Waals surface area contributed by atoms with Gasteiger partial charge in [0.1, 0.15) is 12.4 Å². The van der Waals surface area contributed by atoms with E-state index in [0.717, 1.165) is 40.9 Å². The molecule has 54 heavy (non-hydrogen) atoms. The highest BCUT2D eigenvalue weighted by Crippen LogP contribution is 2.51. The molecule has 0 unspecified atom stereocenters. The van der Waals surface area contributed by atoms with Gasteiger partial charge in [-0.05, 0) is 138 Å². The molecule has 2 saturated heterocycles. The zero-order valence-electron chi connectivity index (χ0n) is 30.4. The third kappa shape index (κ3) is 8.08. The lowest BCUT2D eigenvalue weighted by atomic mass is 9.58. The number of phenolic OH excluding ortho intramolecular Hbond substituents is 1. The number of carbonyl (C=O) groups is 2. The summed E-state index contributed by atoms with van der Waals surface area (Å²) in [5.41, 5.74) is 6.36. The summed E-state index contributed by atoms with van der Waals surface area (Å²) in [4.78, 5) is 30.0. The summed E-state index contributed by atoms with van der Waals surface area (Å²) in [6, 6.07) is 30.5. The summed E-state index contributed by atoms with van der Waals surface area (Å²) in [7, 11) is 0.456. The number of allylic oxidation sites excluding steroid dienone is 1. The number of rotatable bonds is 13. The first kappa shape index (κ1) is 37.7. The van der Waals surface area contributed by atoms with Crippen molar-refractivity contribution >= 4 is 64.7 Å². The molecule has 0 bridgehead atoms. The molecule has 3 aliphatic rings. The zero-order valence-corrected chi connectivity index (χ0v) is 32.6. The van der Waals surface area contributed by atoms with Crippen LogP contribution in [0.25, 0.3) is 6.08 Å². The van der Waals surface area contributed by atoms with Crippen LogP contribution in [-0.4, -0.2) is 48.9 Å². The Bertz CT molecular complexity index is 2040. The maximum Gasteiger partial charge on any atom is 0.455 e. The van der Waals surface area contributed by atoms with Gasteiger partial charge in [-0.25, -0.2) is 0 Å². The molecule has 278 valence electrons. The first-order chi connectivity index (χ1) is 26.2. The van der Waals surface area contributed by atoms with Gasteiger partial charge in [0.2, 0.25) is 11.8 Å². The highest BCUT2D eigenvalue weighted by molar-refractivity contribution is 14.1. The molecule has 2 heterocycles. The maximum atomic E-state index is 14.4.